The van der Waals surface area contributed by atoms with Crippen LogP contribution >= 0.6 is 0 Å². The normalized spacial score (nSPS) is 17.0. The average Bonchev–Trinajstić information content (AvgIpc) is 3.11. The molecule has 1 aliphatic carbocycles. The summed E-state index contributed by atoms with van der Waals surface area (Å²) in [6.07, 6.45) is 5.20. The van der Waals surface area contributed by atoms with E-state index < -0.39 is 0 Å². The molecule has 1 rings (SSSR count). The first kappa shape index (κ1) is 16.5. The van der Waals surface area contributed by atoms with Crippen LogP contribution in [0.15, 0.2) is 0 Å². The third-order valence-electron chi connectivity index (χ3n) is 3.86. The minimum atomic E-state index is 0.333. The molecule has 0 bridgehead atoms. The second-order valence-electron chi connectivity index (χ2n) is 6.94. The molecular weight excluding hydrogens is 236 g/mol. The number of rotatable bonds is 9. The largest absolute Gasteiger partial charge is 0.340 e. The average molecular weight is 268 g/mol. The van der Waals surface area contributed by atoms with Crippen LogP contribution in [0.5, 0.6) is 0 Å². The van der Waals surface area contributed by atoms with E-state index in [2.05, 4.69) is 32.6 Å². The lowest BCUT2D eigenvalue weighted by Crippen LogP contribution is -2.36. The standard InChI is InChI=1S/C16H32N2O/c1-12(2)7-8-18(15-5-6-15)16(19)10-14(11-17)9-13(3)4/h12-15H,5-11,17H2,1-4H3/t14-/m0/s1. The van der Waals surface area contributed by atoms with Crippen LogP contribution in [0, 0.1) is 17.8 Å². The fourth-order valence-corrected chi connectivity index (χ4v) is 2.59. The summed E-state index contributed by atoms with van der Waals surface area (Å²) in [7, 11) is 0. The highest BCUT2D eigenvalue weighted by atomic mass is 16.2. The summed E-state index contributed by atoms with van der Waals surface area (Å²) in [5.41, 5.74) is 5.81. The number of carbonyl (C=O) groups excluding carboxylic acids is 1. The van der Waals surface area contributed by atoms with Crippen LogP contribution in [-0.4, -0.2) is 29.9 Å². The molecule has 0 aromatic rings. The van der Waals surface area contributed by atoms with Gasteiger partial charge in [-0.3, -0.25) is 4.79 Å². The minimum absolute atomic E-state index is 0.333. The molecule has 1 fully saturated rings. The smallest absolute Gasteiger partial charge is 0.223 e. The van der Waals surface area contributed by atoms with Crippen LogP contribution in [0.1, 0.15) is 59.8 Å². The van der Waals surface area contributed by atoms with Crippen LogP contribution in [0.25, 0.3) is 0 Å². The maximum atomic E-state index is 12.5. The Morgan fingerprint density at radius 1 is 1.21 bits per heavy atom. The molecular formula is C16H32N2O. The molecule has 0 spiro atoms. The Balaban J connectivity index is 2.46. The predicted octanol–water partition coefficient (Wildman–Crippen LogP) is 3.03. The van der Waals surface area contributed by atoms with E-state index in [1.165, 1.54) is 12.8 Å². The van der Waals surface area contributed by atoms with E-state index in [1.54, 1.807) is 0 Å². The van der Waals surface area contributed by atoms with Gasteiger partial charge in [-0.2, -0.15) is 0 Å². The molecule has 0 aromatic heterocycles. The molecule has 112 valence electrons. The van der Waals surface area contributed by atoms with Crippen molar-refractivity contribution in [2.45, 2.75) is 65.8 Å². The van der Waals surface area contributed by atoms with Gasteiger partial charge in [-0.25, -0.2) is 0 Å². The molecule has 1 aliphatic rings. The van der Waals surface area contributed by atoms with E-state index >= 15 is 0 Å². The van der Waals surface area contributed by atoms with Gasteiger partial charge in [0.05, 0.1) is 0 Å². The van der Waals surface area contributed by atoms with Crippen LogP contribution in [0.4, 0.5) is 0 Å². The molecule has 3 heteroatoms. The predicted molar refractivity (Wildman–Crippen MR) is 80.8 cm³/mol. The molecule has 3 nitrogen and oxygen atoms in total. The van der Waals surface area contributed by atoms with Crippen molar-refractivity contribution in [2.24, 2.45) is 23.5 Å². The Bertz CT molecular complexity index is 272. The quantitative estimate of drug-likeness (QED) is 0.698. The summed E-state index contributed by atoms with van der Waals surface area (Å²) in [6.45, 7) is 10.4. The van der Waals surface area contributed by atoms with Crippen molar-refractivity contribution in [1.29, 1.82) is 0 Å². The molecule has 1 amide bonds. The number of nitrogens with zero attached hydrogens (tertiary/aromatic N) is 1. The summed E-state index contributed by atoms with van der Waals surface area (Å²) in [5.74, 6) is 1.97. The zero-order chi connectivity index (χ0) is 14.4. The van der Waals surface area contributed by atoms with E-state index in [4.69, 9.17) is 5.73 Å². The highest BCUT2D eigenvalue weighted by Gasteiger charge is 2.32. The van der Waals surface area contributed by atoms with Crippen molar-refractivity contribution in [3.8, 4) is 0 Å². The first-order valence-electron chi connectivity index (χ1n) is 7.93. The summed E-state index contributed by atoms with van der Waals surface area (Å²) in [4.78, 5) is 14.6. The Morgan fingerprint density at radius 3 is 2.26 bits per heavy atom. The Hall–Kier alpha value is -0.570. The minimum Gasteiger partial charge on any atom is -0.340 e. The first-order valence-corrected chi connectivity index (χ1v) is 7.93. The molecule has 0 unspecified atom stereocenters. The van der Waals surface area contributed by atoms with Gasteiger partial charge < -0.3 is 10.6 Å². The summed E-state index contributed by atoms with van der Waals surface area (Å²) < 4.78 is 0. The van der Waals surface area contributed by atoms with Gasteiger partial charge in [0.2, 0.25) is 5.91 Å². The van der Waals surface area contributed by atoms with E-state index in [0.29, 0.717) is 42.7 Å². The number of hydrogen-bond donors (Lipinski definition) is 1. The van der Waals surface area contributed by atoms with Crippen molar-refractivity contribution in [1.82, 2.24) is 4.90 Å². The maximum absolute atomic E-state index is 12.5. The topological polar surface area (TPSA) is 46.3 Å². The number of hydrogen-bond acceptors (Lipinski definition) is 2. The highest BCUT2D eigenvalue weighted by molar-refractivity contribution is 5.77. The van der Waals surface area contributed by atoms with Crippen LogP contribution in [0.2, 0.25) is 0 Å². The molecule has 2 N–H and O–H groups in total. The summed E-state index contributed by atoms with van der Waals surface area (Å²) in [5, 5.41) is 0. The third kappa shape index (κ3) is 6.42. The highest BCUT2D eigenvalue weighted by Crippen LogP contribution is 2.29. The third-order valence-corrected chi connectivity index (χ3v) is 3.86. The Labute approximate surface area is 118 Å². The number of carbonyl (C=O) groups is 1. The molecule has 19 heavy (non-hydrogen) atoms. The molecule has 0 aliphatic heterocycles. The molecule has 0 aromatic carbocycles. The van der Waals surface area contributed by atoms with Gasteiger partial charge in [0.15, 0.2) is 0 Å². The summed E-state index contributed by atoms with van der Waals surface area (Å²) >= 11 is 0. The van der Waals surface area contributed by atoms with E-state index in [1.807, 2.05) is 0 Å². The van der Waals surface area contributed by atoms with Gasteiger partial charge in [0.1, 0.15) is 0 Å². The fourth-order valence-electron chi connectivity index (χ4n) is 2.59. The maximum Gasteiger partial charge on any atom is 0.223 e. The van der Waals surface area contributed by atoms with Gasteiger partial charge in [0, 0.05) is 19.0 Å². The van der Waals surface area contributed by atoms with Crippen molar-refractivity contribution >= 4 is 5.91 Å². The second kappa shape index (κ2) is 7.88. The SMILES string of the molecule is CC(C)CCN(C(=O)C[C@@H](CN)CC(C)C)C1CC1. The van der Waals surface area contributed by atoms with Crippen molar-refractivity contribution < 1.29 is 4.79 Å². The van der Waals surface area contributed by atoms with Crippen molar-refractivity contribution in [3.63, 3.8) is 0 Å². The number of nitrogens with two attached hydrogens (primary N) is 1. The van der Waals surface area contributed by atoms with Gasteiger partial charge in [0.25, 0.3) is 0 Å². The van der Waals surface area contributed by atoms with Gasteiger partial charge in [-0.1, -0.05) is 27.7 Å². The molecule has 1 atom stereocenters. The lowest BCUT2D eigenvalue weighted by atomic mass is 9.93. The fraction of sp³-hybridized carbons (Fsp3) is 0.938. The van der Waals surface area contributed by atoms with Crippen molar-refractivity contribution in [2.75, 3.05) is 13.1 Å². The first-order chi connectivity index (χ1) is 8.93. The van der Waals surface area contributed by atoms with E-state index in [-0.39, 0.29) is 0 Å². The van der Waals surface area contributed by atoms with Crippen LogP contribution in [-0.2, 0) is 4.79 Å². The Kier molecular flexibility index (Phi) is 6.84. The number of amides is 1. The summed E-state index contributed by atoms with van der Waals surface area (Å²) in [6, 6.07) is 0.531. The molecule has 0 saturated heterocycles. The zero-order valence-electron chi connectivity index (χ0n) is 13.2. The lowest BCUT2D eigenvalue weighted by Gasteiger charge is -2.26. The monoisotopic (exact) mass is 268 g/mol. The zero-order valence-corrected chi connectivity index (χ0v) is 13.2. The lowest BCUT2D eigenvalue weighted by molar-refractivity contribution is -0.133. The molecule has 1 saturated carbocycles. The van der Waals surface area contributed by atoms with Gasteiger partial charge in [-0.15, -0.1) is 0 Å². The van der Waals surface area contributed by atoms with Gasteiger partial charge in [-0.05, 0) is 50.0 Å². The van der Waals surface area contributed by atoms with Gasteiger partial charge >= 0.3 is 0 Å². The molecule has 0 radical (unpaired) electrons. The second-order valence-corrected chi connectivity index (χ2v) is 6.94. The van der Waals surface area contributed by atoms with Crippen LogP contribution < -0.4 is 5.73 Å². The van der Waals surface area contributed by atoms with E-state index in [9.17, 15) is 4.79 Å². The van der Waals surface area contributed by atoms with Crippen LogP contribution in [0.3, 0.4) is 0 Å². The van der Waals surface area contributed by atoms with Crippen molar-refractivity contribution in [3.05, 3.63) is 0 Å². The van der Waals surface area contributed by atoms with E-state index in [0.717, 1.165) is 19.4 Å². The molecule has 0 heterocycles. The Morgan fingerprint density at radius 2 is 1.84 bits per heavy atom.